The molecule has 0 aliphatic carbocycles. The summed E-state index contributed by atoms with van der Waals surface area (Å²) in [4.78, 5) is 19.9. The third-order valence-corrected chi connectivity index (χ3v) is 3.76. The molecule has 0 spiro atoms. The van der Waals surface area contributed by atoms with E-state index in [-0.39, 0.29) is 17.5 Å². The maximum Gasteiger partial charge on any atom is 0.360 e. The summed E-state index contributed by atoms with van der Waals surface area (Å²) in [6, 6.07) is 0. The molecule has 2 heterocycles. The van der Waals surface area contributed by atoms with Gasteiger partial charge in [-0.25, -0.2) is 9.78 Å². The van der Waals surface area contributed by atoms with Gasteiger partial charge < -0.3 is 15.7 Å². The van der Waals surface area contributed by atoms with Crippen molar-refractivity contribution in [3.8, 4) is 0 Å². The average Bonchev–Trinajstić information content (AvgIpc) is 2.55. The summed E-state index contributed by atoms with van der Waals surface area (Å²) in [5.41, 5.74) is 5.46. The molecule has 0 aromatic carbocycles. The maximum atomic E-state index is 10.9. The third-order valence-electron chi connectivity index (χ3n) is 1.87. The van der Waals surface area contributed by atoms with Crippen molar-refractivity contribution in [1.82, 2.24) is 4.98 Å². The standard InChI is InChI=1S/C8H9N3O3S2/c9-8-10-5(3-16-8)6(7(12)13)11-14-4-1-15-2-4/h3-4H,1-2H2,(H2,9,10)(H,12,13). The first-order valence-electron chi connectivity index (χ1n) is 4.43. The Hall–Kier alpha value is -1.28. The van der Waals surface area contributed by atoms with Gasteiger partial charge in [0.2, 0.25) is 5.71 Å². The maximum absolute atomic E-state index is 10.9. The summed E-state index contributed by atoms with van der Waals surface area (Å²) in [7, 11) is 0. The molecule has 3 N–H and O–H groups in total. The van der Waals surface area contributed by atoms with E-state index in [9.17, 15) is 4.79 Å². The predicted octanol–water partition coefficient (Wildman–Crippen LogP) is 0.646. The van der Waals surface area contributed by atoms with Crippen LogP contribution in [-0.2, 0) is 9.63 Å². The Labute approximate surface area is 99.5 Å². The van der Waals surface area contributed by atoms with E-state index in [1.165, 1.54) is 11.3 Å². The van der Waals surface area contributed by atoms with Crippen LogP contribution in [0.25, 0.3) is 0 Å². The van der Waals surface area contributed by atoms with Crippen LogP contribution in [0.4, 0.5) is 5.13 Å². The number of nitrogen functional groups attached to an aromatic ring is 1. The molecule has 0 radical (unpaired) electrons. The Bertz CT molecular complexity index is 428. The smallest absolute Gasteiger partial charge is 0.360 e. The van der Waals surface area contributed by atoms with Crippen LogP contribution >= 0.6 is 23.1 Å². The third kappa shape index (κ3) is 2.45. The summed E-state index contributed by atoms with van der Waals surface area (Å²) in [6.45, 7) is 0. The minimum atomic E-state index is -1.17. The number of carboxylic acid groups (broad SMARTS) is 1. The molecule has 0 bridgehead atoms. The van der Waals surface area contributed by atoms with Crippen molar-refractivity contribution < 1.29 is 14.7 Å². The predicted molar refractivity (Wildman–Crippen MR) is 62.9 cm³/mol. The number of hydrogen-bond acceptors (Lipinski definition) is 7. The van der Waals surface area contributed by atoms with E-state index in [4.69, 9.17) is 15.7 Å². The molecule has 0 saturated carbocycles. The van der Waals surface area contributed by atoms with Crippen LogP contribution in [0, 0.1) is 0 Å². The highest BCUT2D eigenvalue weighted by molar-refractivity contribution is 8.00. The van der Waals surface area contributed by atoms with Gasteiger partial charge in [-0.05, 0) is 0 Å². The van der Waals surface area contributed by atoms with Crippen molar-refractivity contribution in [1.29, 1.82) is 0 Å². The zero-order valence-corrected chi connectivity index (χ0v) is 9.75. The molecule has 8 heteroatoms. The first-order chi connectivity index (χ1) is 7.66. The van der Waals surface area contributed by atoms with Crippen molar-refractivity contribution in [3.05, 3.63) is 11.1 Å². The van der Waals surface area contributed by atoms with Gasteiger partial charge in [-0.2, -0.15) is 11.8 Å². The van der Waals surface area contributed by atoms with E-state index in [0.29, 0.717) is 5.13 Å². The fourth-order valence-electron chi connectivity index (χ4n) is 0.994. The largest absolute Gasteiger partial charge is 0.476 e. The molecule has 1 aliphatic rings. The van der Waals surface area contributed by atoms with E-state index in [0.717, 1.165) is 11.5 Å². The molecule has 1 fully saturated rings. The lowest BCUT2D eigenvalue weighted by Gasteiger charge is -2.22. The number of aromatic nitrogens is 1. The number of anilines is 1. The number of thiazole rings is 1. The molecular weight excluding hydrogens is 250 g/mol. The van der Waals surface area contributed by atoms with Crippen LogP contribution in [0.1, 0.15) is 5.69 Å². The fourth-order valence-corrected chi connectivity index (χ4v) is 2.09. The topological polar surface area (TPSA) is 97.8 Å². The van der Waals surface area contributed by atoms with Crippen LogP contribution in [0.15, 0.2) is 10.5 Å². The number of nitrogens with two attached hydrogens (primary N) is 1. The molecule has 1 aliphatic heterocycles. The number of thioether (sulfide) groups is 1. The molecule has 0 amide bonds. The van der Waals surface area contributed by atoms with Gasteiger partial charge in [0.05, 0.1) is 0 Å². The van der Waals surface area contributed by atoms with Gasteiger partial charge in [-0.1, -0.05) is 5.16 Å². The second-order valence-corrected chi connectivity index (χ2v) is 5.05. The Kier molecular flexibility index (Phi) is 3.30. The molecule has 2 rings (SSSR count). The van der Waals surface area contributed by atoms with E-state index in [1.54, 1.807) is 17.1 Å². The van der Waals surface area contributed by atoms with Crippen LogP contribution in [0.5, 0.6) is 0 Å². The lowest BCUT2D eigenvalue weighted by atomic mass is 10.3. The quantitative estimate of drug-likeness (QED) is 0.608. The number of carbonyl (C=O) groups is 1. The van der Waals surface area contributed by atoms with Crippen molar-refractivity contribution in [2.45, 2.75) is 6.10 Å². The van der Waals surface area contributed by atoms with Crippen LogP contribution in [0.2, 0.25) is 0 Å². The fraction of sp³-hybridized carbons (Fsp3) is 0.375. The number of carboxylic acids is 1. The molecule has 6 nitrogen and oxygen atoms in total. The summed E-state index contributed by atoms with van der Waals surface area (Å²) in [5.74, 6) is 0.517. The van der Waals surface area contributed by atoms with E-state index >= 15 is 0 Å². The Morgan fingerprint density at radius 2 is 2.44 bits per heavy atom. The van der Waals surface area contributed by atoms with Gasteiger partial charge in [-0.3, -0.25) is 0 Å². The first kappa shape index (κ1) is 11.2. The lowest BCUT2D eigenvalue weighted by molar-refractivity contribution is -0.129. The summed E-state index contributed by atoms with van der Waals surface area (Å²) in [5, 5.41) is 14.4. The summed E-state index contributed by atoms with van der Waals surface area (Å²) < 4.78 is 0. The van der Waals surface area contributed by atoms with Crippen molar-refractivity contribution in [2.24, 2.45) is 5.16 Å². The number of rotatable bonds is 4. The molecule has 16 heavy (non-hydrogen) atoms. The summed E-state index contributed by atoms with van der Waals surface area (Å²) >= 11 is 2.90. The zero-order chi connectivity index (χ0) is 11.5. The Morgan fingerprint density at radius 3 is 2.88 bits per heavy atom. The molecule has 1 aromatic rings. The van der Waals surface area contributed by atoms with E-state index in [2.05, 4.69) is 10.1 Å². The van der Waals surface area contributed by atoms with Crippen molar-refractivity contribution >= 4 is 39.9 Å². The number of nitrogens with zero attached hydrogens (tertiary/aromatic N) is 2. The van der Waals surface area contributed by atoms with Gasteiger partial charge in [0.15, 0.2) is 5.13 Å². The molecular formula is C8H9N3O3S2. The van der Waals surface area contributed by atoms with Crippen molar-refractivity contribution in [2.75, 3.05) is 17.2 Å². The first-order valence-corrected chi connectivity index (χ1v) is 6.46. The highest BCUT2D eigenvalue weighted by Gasteiger charge is 2.22. The second kappa shape index (κ2) is 4.71. The molecule has 1 saturated heterocycles. The normalized spacial score (nSPS) is 16.9. The highest BCUT2D eigenvalue weighted by atomic mass is 32.2. The van der Waals surface area contributed by atoms with Crippen molar-refractivity contribution in [3.63, 3.8) is 0 Å². The molecule has 1 aromatic heterocycles. The average molecular weight is 259 g/mol. The minimum absolute atomic E-state index is 0.00957. The lowest BCUT2D eigenvalue weighted by Crippen LogP contribution is -2.27. The number of hydrogen-bond donors (Lipinski definition) is 2. The minimum Gasteiger partial charge on any atom is -0.476 e. The number of oxime groups is 1. The van der Waals surface area contributed by atoms with Gasteiger partial charge in [0, 0.05) is 16.9 Å². The Morgan fingerprint density at radius 1 is 1.69 bits per heavy atom. The van der Waals surface area contributed by atoms with Gasteiger partial charge in [0.25, 0.3) is 0 Å². The van der Waals surface area contributed by atoms with Crippen LogP contribution < -0.4 is 5.73 Å². The van der Waals surface area contributed by atoms with E-state index in [1.807, 2.05) is 0 Å². The SMILES string of the molecule is Nc1nc(C(=NOC2CSC2)C(=O)O)cs1. The second-order valence-electron chi connectivity index (χ2n) is 3.08. The van der Waals surface area contributed by atoms with Crippen LogP contribution in [-0.4, -0.2) is 39.4 Å². The molecule has 0 unspecified atom stereocenters. The summed E-state index contributed by atoms with van der Waals surface area (Å²) in [6.07, 6.45) is 0.00957. The highest BCUT2D eigenvalue weighted by Crippen LogP contribution is 2.21. The zero-order valence-electron chi connectivity index (χ0n) is 8.12. The van der Waals surface area contributed by atoms with Gasteiger partial charge in [0.1, 0.15) is 11.8 Å². The van der Waals surface area contributed by atoms with Crippen LogP contribution in [0.3, 0.4) is 0 Å². The molecule has 86 valence electrons. The number of aliphatic carboxylic acids is 1. The van der Waals surface area contributed by atoms with E-state index < -0.39 is 5.97 Å². The Balaban J connectivity index is 2.12. The monoisotopic (exact) mass is 259 g/mol. The molecule has 0 atom stereocenters. The van der Waals surface area contributed by atoms with Gasteiger partial charge >= 0.3 is 5.97 Å². The van der Waals surface area contributed by atoms with Gasteiger partial charge in [-0.15, -0.1) is 11.3 Å².